The summed E-state index contributed by atoms with van der Waals surface area (Å²) in [6.45, 7) is 0.832. The molecule has 0 aliphatic carbocycles. The Morgan fingerprint density at radius 1 is 1.47 bits per heavy atom. The Labute approximate surface area is 113 Å². The molecule has 0 fully saturated rings. The largest absolute Gasteiger partial charge is 0.398 e. The van der Waals surface area contributed by atoms with Gasteiger partial charge in [0.05, 0.1) is 17.3 Å². The molecule has 0 heterocycles. The maximum absolute atomic E-state index is 12.3. The third kappa shape index (κ3) is 3.67. The fourth-order valence-electron chi connectivity index (χ4n) is 1.57. The third-order valence-corrected chi connectivity index (χ3v) is 4.58. The molecule has 2 N–H and O–H groups in total. The maximum atomic E-state index is 12.3. The van der Waals surface area contributed by atoms with Crippen LogP contribution in [0.1, 0.15) is 12.0 Å². The van der Waals surface area contributed by atoms with Crippen LogP contribution in [-0.2, 0) is 14.8 Å². The van der Waals surface area contributed by atoms with Crippen LogP contribution in [0, 0.1) is 11.3 Å². The zero-order valence-corrected chi connectivity index (χ0v) is 11.8. The molecule has 19 heavy (non-hydrogen) atoms. The molecule has 1 aromatic rings. The summed E-state index contributed by atoms with van der Waals surface area (Å²) >= 11 is 0. The smallest absolute Gasteiger partial charge is 0.244 e. The first-order chi connectivity index (χ1) is 8.93. The van der Waals surface area contributed by atoms with Gasteiger partial charge in [0.25, 0.3) is 0 Å². The average Bonchev–Trinajstić information content (AvgIpc) is 2.38. The molecule has 6 nitrogen and oxygen atoms in total. The predicted octanol–water partition coefficient (Wildman–Crippen LogP) is 0.797. The lowest BCUT2D eigenvalue weighted by molar-refractivity contribution is 0.189. The molecule has 0 radical (unpaired) electrons. The Morgan fingerprint density at radius 2 is 2.16 bits per heavy atom. The van der Waals surface area contributed by atoms with Crippen LogP contribution in [0.3, 0.4) is 0 Å². The van der Waals surface area contributed by atoms with E-state index in [4.69, 9.17) is 15.7 Å². The van der Waals surface area contributed by atoms with Crippen molar-refractivity contribution < 1.29 is 13.2 Å². The molecule has 7 heteroatoms. The molecular formula is C12H17N3O3S. The quantitative estimate of drug-likeness (QED) is 0.615. The Morgan fingerprint density at radius 3 is 2.68 bits per heavy atom. The molecule has 0 aliphatic rings. The van der Waals surface area contributed by atoms with E-state index in [2.05, 4.69) is 0 Å². The van der Waals surface area contributed by atoms with E-state index in [-0.39, 0.29) is 10.6 Å². The molecule has 1 aromatic carbocycles. The van der Waals surface area contributed by atoms with Gasteiger partial charge in [-0.15, -0.1) is 0 Å². The third-order valence-electron chi connectivity index (χ3n) is 2.65. The van der Waals surface area contributed by atoms with E-state index in [0.717, 1.165) is 0 Å². The van der Waals surface area contributed by atoms with Gasteiger partial charge in [-0.2, -0.15) is 5.26 Å². The van der Waals surface area contributed by atoms with Crippen molar-refractivity contribution in [1.29, 1.82) is 5.26 Å². The predicted molar refractivity (Wildman–Crippen MR) is 71.9 cm³/mol. The molecule has 1 rings (SSSR count). The van der Waals surface area contributed by atoms with Crippen LogP contribution < -0.4 is 5.73 Å². The minimum absolute atomic E-state index is 0.0198. The average molecular weight is 283 g/mol. The lowest BCUT2D eigenvalue weighted by atomic mass is 10.2. The number of nitrogens with zero attached hydrogens (tertiary/aromatic N) is 2. The molecule has 0 amide bonds. The second-order valence-corrected chi connectivity index (χ2v) is 6.05. The van der Waals surface area contributed by atoms with Crippen molar-refractivity contribution in [2.24, 2.45) is 0 Å². The van der Waals surface area contributed by atoms with Crippen molar-refractivity contribution in [3.63, 3.8) is 0 Å². The van der Waals surface area contributed by atoms with Crippen molar-refractivity contribution in [3.05, 3.63) is 23.8 Å². The Kier molecular flexibility index (Phi) is 5.30. The molecule has 0 atom stereocenters. The van der Waals surface area contributed by atoms with Gasteiger partial charge in [-0.1, -0.05) is 0 Å². The number of nitrogen functional groups attached to an aromatic ring is 1. The van der Waals surface area contributed by atoms with E-state index in [1.807, 2.05) is 6.07 Å². The van der Waals surface area contributed by atoms with Gasteiger partial charge in [0, 0.05) is 27.3 Å². The van der Waals surface area contributed by atoms with Crippen LogP contribution in [0.5, 0.6) is 0 Å². The second-order valence-electron chi connectivity index (χ2n) is 4.04. The number of ether oxygens (including phenoxy) is 1. The van der Waals surface area contributed by atoms with Gasteiger partial charge >= 0.3 is 0 Å². The van der Waals surface area contributed by atoms with Gasteiger partial charge in [-0.05, 0) is 24.6 Å². The van der Waals surface area contributed by atoms with Crippen molar-refractivity contribution in [3.8, 4) is 6.07 Å². The normalized spacial score (nSPS) is 11.5. The first-order valence-electron chi connectivity index (χ1n) is 5.68. The molecule has 0 saturated heterocycles. The van der Waals surface area contributed by atoms with Gasteiger partial charge in [-0.3, -0.25) is 0 Å². The lowest BCUT2D eigenvalue weighted by Gasteiger charge is -2.18. The van der Waals surface area contributed by atoms with E-state index < -0.39 is 10.0 Å². The fourth-order valence-corrected chi connectivity index (χ4v) is 2.87. The highest BCUT2D eigenvalue weighted by atomic mass is 32.2. The fraction of sp³-hybridized carbons (Fsp3) is 0.417. The summed E-state index contributed by atoms with van der Waals surface area (Å²) < 4.78 is 30.6. The highest BCUT2D eigenvalue weighted by molar-refractivity contribution is 7.89. The summed E-state index contributed by atoms with van der Waals surface area (Å²) in [5, 5.41) is 8.73. The van der Waals surface area contributed by atoms with Gasteiger partial charge in [0.2, 0.25) is 10.0 Å². The number of hydrogen-bond donors (Lipinski definition) is 1. The van der Waals surface area contributed by atoms with Crippen molar-refractivity contribution >= 4 is 15.7 Å². The zero-order valence-electron chi connectivity index (χ0n) is 11.0. The zero-order chi connectivity index (χ0) is 14.5. The summed E-state index contributed by atoms with van der Waals surface area (Å²) in [5.41, 5.74) is 6.11. The minimum atomic E-state index is -3.63. The second kappa shape index (κ2) is 6.52. The number of anilines is 1. The van der Waals surface area contributed by atoms with E-state index >= 15 is 0 Å². The van der Waals surface area contributed by atoms with E-state index in [1.165, 1.54) is 29.6 Å². The number of sulfonamides is 1. The molecular weight excluding hydrogens is 266 g/mol. The van der Waals surface area contributed by atoms with Crippen molar-refractivity contribution in [2.45, 2.75) is 11.3 Å². The summed E-state index contributed by atoms with van der Waals surface area (Å²) in [6.07, 6.45) is 0.600. The van der Waals surface area contributed by atoms with Gasteiger partial charge in [-0.25, -0.2) is 12.7 Å². The van der Waals surface area contributed by atoms with E-state index in [0.29, 0.717) is 25.1 Å². The van der Waals surface area contributed by atoms with E-state index in [9.17, 15) is 8.42 Å². The number of nitrogens with two attached hydrogens (primary N) is 1. The summed E-state index contributed by atoms with van der Waals surface area (Å²) in [5.74, 6) is 0. The number of nitriles is 1. The topological polar surface area (TPSA) is 96.4 Å². The number of methoxy groups -OCH3 is 1. The monoisotopic (exact) mass is 283 g/mol. The standard InChI is InChI=1S/C12H17N3O3S/c1-15(6-3-7-18-2)19(16,17)12-5-4-10(9-13)8-11(12)14/h4-5,8H,3,6-7,14H2,1-2H3. The Bertz CT molecular complexity index is 578. The molecule has 104 valence electrons. The van der Waals surface area contributed by atoms with Crippen LogP contribution in [-0.4, -0.2) is 40.0 Å². The lowest BCUT2D eigenvalue weighted by Crippen LogP contribution is -2.29. The van der Waals surface area contributed by atoms with Crippen LogP contribution in [0.25, 0.3) is 0 Å². The molecule has 0 spiro atoms. The van der Waals surface area contributed by atoms with E-state index in [1.54, 1.807) is 7.11 Å². The molecule has 0 saturated carbocycles. The van der Waals surface area contributed by atoms with Crippen LogP contribution in [0.2, 0.25) is 0 Å². The summed E-state index contributed by atoms with van der Waals surface area (Å²) in [6, 6.07) is 6.06. The number of hydrogen-bond acceptors (Lipinski definition) is 5. The number of benzene rings is 1. The molecule has 0 aromatic heterocycles. The highest BCUT2D eigenvalue weighted by Gasteiger charge is 2.22. The minimum Gasteiger partial charge on any atom is -0.398 e. The van der Waals surface area contributed by atoms with Gasteiger partial charge in [0.15, 0.2) is 0 Å². The Balaban J connectivity index is 2.97. The maximum Gasteiger partial charge on any atom is 0.244 e. The summed E-state index contributed by atoms with van der Waals surface area (Å²) in [7, 11) is -0.580. The summed E-state index contributed by atoms with van der Waals surface area (Å²) in [4.78, 5) is 0.0198. The SMILES string of the molecule is COCCCN(C)S(=O)(=O)c1ccc(C#N)cc1N. The highest BCUT2D eigenvalue weighted by Crippen LogP contribution is 2.22. The first kappa shape index (κ1) is 15.4. The first-order valence-corrected chi connectivity index (χ1v) is 7.12. The number of rotatable bonds is 6. The molecule has 0 unspecified atom stereocenters. The Hall–Kier alpha value is -1.62. The van der Waals surface area contributed by atoms with Crippen LogP contribution in [0.4, 0.5) is 5.69 Å². The van der Waals surface area contributed by atoms with Crippen LogP contribution in [0.15, 0.2) is 23.1 Å². The van der Waals surface area contributed by atoms with Gasteiger partial charge in [0.1, 0.15) is 4.90 Å². The molecule has 0 aliphatic heterocycles. The van der Waals surface area contributed by atoms with Crippen LogP contribution >= 0.6 is 0 Å². The van der Waals surface area contributed by atoms with Crippen molar-refractivity contribution in [1.82, 2.24) is 4.31 Å². The van der Waals surface area contributed by atoms with Gasteiger partial charge < -0.3 is 10.5 Å². The molecule has 0 bridgehead atoms. The van der Waals surface area contributed by atoms with Crippen molar-refractivity contribution in [2.75, 3.05) is 33.0 Å².